The average molecular weight is 477 g/mol. The summed E-state index contributed by atoms with van der Waals surface area (Å²) in [6.45, 7) is 7.45. The number of hydrogen-bond acceptors (Lipinski definition) is 4. The predicted octanol–water partition coefficient (Wildman–Crippen LogP) is 3.95. The monoisotopic (exact) mass is 476 g/mol. The van der Waals surface area contributed by atoms with Crippen LogP contribution in [0.4, 0.5) is 18.9 Å². The van der Waals surface area contributed by atoms with Crippen molar-refractivity contribution >= 4 is 17.5 Å². The van der Waals surface area contributed by atoms with E-state index in [1.54, 1.807) is 6.07 Å². The van der Waals surface area contributed by atoms with Gasteiger partial charge in [0.25, 0.3) is 0 Å². The molecule has 2 amide bonds. The Balaban J connectivity index is 1.60. The largest absolute Gasteiger partial charge is 0.417 e. The van der Waals surface area contributed by atoms with Gasteiger partial charge < -0.3 is 15.1 Å². The summed E-state index contributed by atoms with van der Waals surface area (Å²) in [7, 11) is 0. The van der Waals surface area contributed by atoms with Gasteiger partial charge in [0, 0.05) is 48.7 Å². The summed E-state index contributed by atoms with van der Waals surface area (Å²) < 4.78 is 40.6. The van der Waals surface area contributed by atoms with Gasteiger partial charge in [-0.05, 0) is 43.9 Å². The number of amides is 2. The Hall–Kier alpha value is -2.76. The lowest BCUT2D eigenvalue weighted by Crippen LogP contribution is -2.51. The lowest BCUT2D eigenvalue weighted by Gasteiger charge is -2.43. The van der Waals surface area contributed by atoms with Crippen molar-refractivity contribution in [3.63, 3.8) is 0 Å². The maximum absolute atomic E-state index is 13.5. The van der Waals surface area contributed by atoms with Gasteiger partial charge in [-0.1, -0.05) is 20.8 Å². The van der Waals surface area contributed by atoms with Crippen molar-refractivity contribution in [3.8, 4) is 6.07 Å². The highest BCUT2D eigenvalue weighted by Crippen LogP contribution is 2.47. The molecule has 1 aromatic carbocycles. The van der Waals surface area contributed by atoms with Crippen molar-refractivity contribution in [2.24, 2.45) is 16.7 Å². The second kappa shape index (κ2) is 8.47. The van der Waals surface area contributed by atoms with Crippen LogP contribution < -0.4 is 10.2 Å². The van der Waals surface area contributed by atoms with Gasteiger partial charge in [0.05, 0.1) is 23.1 Å². The molecule has 3 aliphatic rings. The molecule has 9 heteroatoms. The molecule has 2 aliphatic heterocycles. The van der Waals surface area contributed by atoms with Crippen molar-refractivity contribution in [3.05, 3.63) is 29.3 Å². The van der Waals surface area contributed by atoms with Gasteiger partial charge >= 0.3 is 6.18 Å². The maximum Gasteiger partial charge on any atom is 0.417 e. The number of carbonyl (C=O) groups is 2. The van der Waals surface area contributed by atoms with E-state index in [4.69, 9.17) is 5.26 Å². The Kier molecular flexibility index (Phi) is 6.07. The first-order valence-electron chi connectivity index (χ1n) is 11.8. The van der Waals surface area contributed by atoms with Gasteiger partial charge in [-0.2, -0.15) is 18.4 Å². The van der Waals surface area contributed by atoms with E-state index in [1.165, 1.54) is 12.1 Å². The number of rotatable bonds is 3. The molecule has 1 atom stereocenters. The molecule has 184 valence electrons. The van der Waals surface area contributed by atoms with Gasteiger partial charge in [-0.15, -0.1) is 0 Å². The molecule has 3 fully saturated rings. The summed E-state index contributed by atoms with van der Waals surface area (Å²) in [5.74, 6) is -0.353. The number of benzene rings is 1. The Morgan fingerprint density at radius 3 is 2.32 bits per heavy atom. The first-order valence-corrected chi connectivity index (χ1v) is 11.8. The fourth-order valence-corrected chi connectivity index (χ4v) is 5.25. The molecule has 34 heavy (non-hydrogen) atoms. The number of piperidine rings is 1. The van der Waals surface area contributed by atoms with Gasteiger partial charge in [-0.3, -0.25) is 9.59 Å². The Bertz CT molecular complexity index is 1010. The van der Waals surface area contributed by atoms with Crippen LogP contribution in [0.2, 0.25) is 0 Å². The summed E-state index contributed by atoms with van der Waals surface area (Å²) in [5, 5.41) is 12.2. The first kappa shape index (κ1) is 24.4. The highest BCUT2D eigenvalue weighted by atomic mass is 19.4. The fourth-order valence-electron chi connectivity index (χ4n) is 5.25. The Morgan fingerprint density at radius 1 is 1.15 bits per heavy atom. The highest BCUT2D eigenvalue weighted by molar-refractivity contribution is 5.83. The molecular weight excluding hydrogens is 445 g/mol. The lowest BCUT2D eigenvalue weighted by molar-refractivity contribution is -0.142. The number of anilines is 1. The van der Waals surface area contributed by atoms with E-state index in [0.29, 0.717) is 44.7 Å². The summed E-state index contributed by atoms with van der Waals surface area (Å²) in [5.41, 5.74) is -1.92. The summed E-state index contributed by atoms with van der Waals surface area (Å²) in [6, 6.07) is 5.56. The molecule has 6 nitrogen and oxygen atoms in total. The minimum Gasteiger partial charge on any atom is -0.370 e. The molecule has 0 bridgehead atoms. The molecule has 2 saturated heterocycles. The minimum atomic E-state index is -4.64. The molecule has 2 heterocycles. The van der Waals surface area contributed by atoms with E-state index in [-0.39, 0.29) is 23.8 Å². The molecular formula is C25H31F3N4O2. The summed E-state index contributed by atoms with van der Waals surface area (Å²) in [6.07, 6.45) is -1.49. The molecule has 1 aliphatic carbocycles. The highest BCUT2D eigenvalue weighted by Gasteiger charge is 2.52. The standard InChI is InChI=1S/C25H31F3N4O2/c1-23(2,3)22(34)31-10-8-24(9-11-31)15-32(14-20(24)21(33)30-17-5-6-17)18-7-4-16(13-29)19(12-18)25(26,27)28/h4,7,12,17,20H,5-6,8-11,14-15H2,1-3H3,(H,30,33). The third kappa shape index (κ3) is 4.73. The minimum absolute atomic E-state index is 0.0507. The molecule has 1 unspecified atom stereocenters. The zero-order valence-electron chi connectivity index (χ0n) is 19.8. The fraction of sp³-hybridized carbons (Fsp3) is 0.640. The number of hydrogen-bond donors (Lipinski definition) is 1. The molecule has 1 saturated carbocycles. The molecule has 1 N–H and O–H groups in total. The SMILES string of the molecule is CC(C)(C)C(=O)N1CCC2(CC1)CN(c1ccc(C#N)c(C(F)(F)F)c1)CC2C(=O)NC1CC1. The predicted molar refractivity (Wildman–Crippen MR) is 121 cm³/mol. The number of nitrogens with one attached hydrogen (secondary N) is 1. The van der Waals surface area contributed by atoms with Crippen LogP contribution in [0, 0.1) is 28.1 Å². The average Bonchev–Trinajstić information content (AvgIpc) is 3.51. The zero-order chi connectivity index (χ0) is 24.9. The maximum atomic E-state index is 13.5. The van der Waals surface area contributed by atoms with Gasteiger partial charge in [-0.25, -0.2) is 0 Å². The van der Waals surface area contributed by atoms with Crippen LogP contribution in [0.15, 0.2) is 18.2 Å². The van der Waals surface area contributed by atoms with Crippen molar-refractivity contribution in [2.45, 2.75) is 58.7 Å². The van der Waals surface area contributed by atoms with Crippen LogP contribution in [0.25, 0.3) is 0 Å². The third-order valence-corrected chi connectivity index (χ3v) is 7.37. The van der Waals surface area contributed by atoms with Crippen LogP contribution in [-0.2, 0) is 15.8 Å². The number of alkyl halides is 3. The van der Waals surface area contributed by atoms with E-state index in [2.05, 4.69) is 5.32 Å². The lowest BCUT2D eigenvalue weighted by atomic mass is 9.70. The van der Waals surface area contributed by atoms with Crippen molar-refractivity contribution in [2.75, 3.05) is 31.1 Å². The Morgan fingerprint density at radius 2 is 1.79 bits per heavy atom. The zero-order valence-corrected chi connectivity index (χ0v) is 19.8. The van der Waals surface area contributed by atoms with E-state index in [9.17, 15) is 22.8 Å². The topological polar surface area (TPSA) is 76.4 Å². The molecule has 4 rings (SSSR count). The summed E-state index contributed by atoms with van der Waals surface area (Å²) >= 11 is 0. The normalized spacial score (nSPS) is 22.6. The molecule has 0 radical (unpaired) electrons. The second-order valence-electron chi connectivity index (χ2n) is 11.0. The van der Waals surface area contributed by atoms with Crippen molar-refractivity contribution < 1.29 is 22.8 Å². The van der Waals surface area contributed by atoms with Crippen LogP contribution in [0.5, 0.6) is 0 Å². The molecule has 1 aromatic rings. The molecule has 0 aromatic heterocycles. The van der Waals surface area contributed by atoms with Crippen LogP contribution in [0.3, 0.4) is 0 Å². The van der Waals surface area contributed by atoms with E-state index in [0.717, 1.165) is 18.9 Å². The number of nitriles is 1. The molecule has 1 spiro atoms. The van der Waals surface area contributed by atoms with Crippen LogP contribution in [-0.4, -0.2) is 48.9 Å². The second-order valence-corrected chi connectivity index (χ2v) is 11.0. The number of likely N-dealkylation sites (tertiary alicyclic amines) is 1. The first-order chi connectivity index (χ1) is 15.8. The quantitative estimate of drug-likeness (QED) is 0.717. The number of carbonyl (C=O) groups excluding carboxylic acids is 2. The summed E-state index contributed by atoms with van der Waals surface area (Å²) in [4.78, 5) is 29.7. The number of nitrogens with zero attached hydrogens (tertiary/aromatic N) is 3. The van der Waals surface area contributed by atoms with Crippen LogP contribution >= 0.6 is 0 Å². The van der Waals surface area contributed by atoms with Gasteiger partial charge in [0.15, 0.2) is 0 Å². The van der Waals surface area contributed by atoms with Crippen LogP contribution in [0.1, 0.15) is 57.6 Å². The van der Waals surface area contributed by atoms with E-state index < -0.39 is 28.1 Å². The van der Waals surface area contributed by atoms with Crippen molar-refractivity contribution in [1.82, 2.24) is 10.2 Å². The smallest absolute Gasteiger partial charge is 0.370 e. The third-order valence-electron chi connectivity index (χ3n) is 7.37. The Labute approximate surface area is 198 Å². The van der Waals surface area contributed by atoms with Gasteiger partial charge in [0.2, 0.25) is 11.8 Å². The number of halogens is 3. The van der Waals surface area contributed by atoms with E-state index in [1.807, 2.05) is 30.6 Å². The van der Waals surface area contributed by atoms with E-state index >= 15 is 0 Å². The van der Waals surface area contributed by atoms with Gasteiger partial charge in [0.1, 0.15) is 0 Å². The van der Waals surface area contributed by atoms with Crippen molar-refractivity contribution in [1.29, 1.82) is 5.26 Å².